The quantitative estimate of drug-likeness (QED) is 0.799. The molecule has 1 aromatic rings. The summed E-state index contributed by atoms with van der Waals surface area (Å²) in [4.78, 5) is 18.6. The van der Waals surface area contributed by atoms with Crippen molar-refractivity contribution in [3.05, 3.63) is 11.6 Å². The molecule has 2 aliphatic heterocycles. The van der Waals surface area contributed by atoms with E-state index in [0.717, 1.165) is 38.4 Å². The molecule has 1 atom stereocenters. The van der Waals surface area contributed by atoms with Gasteiger partial charge in [0.2, 0.25) is 5.91 Å². The number of carbonyl (C=O) groups excluding carboxylic acids is 1. The molecule has 8 nitrogen and oxygen atoms in total. The second-order valence-corrected chi connectivity index (χ2v) is 5.83. The van der Waals surface area contributed by atoms with Crippen LogP contribution in [0, 0.1) is 6.92 Å². The highest BCUT2D eigenvalue weighted by Gasteiger charge is 2.26. The fourth-order valence-corrected chi connectivity index (χ4v) is 2.82. The summed E-state index contributed by atoms with van der Waals surface area (Å²) in [7, 11) is 0. The lowest BCUT2D eigenvalue weighted by atomic mass is 10.1. The Bertz CT molecular complexity index is 500. The Morgan fingerprint density at radius 1 is 1.41 bits per heavy atom. The van der Waals surface area contributed by atoms with Crippen molar-refractivity contribution in [2.24, 2.45) is 0 Å². The molecule has 3 heterocycles. The molecule has 122 valence electrons. The van der Waals surface area contributed by atoms with E-state index in [1.807, 2.05) is 6.92 Å². The first-order chi connectivity index (χ1) is 10.7. The van der Waals surface area contributed by atoms with Gasteiger partial charge in [-0.15, -0.1) is 0 Å². The number of aryl methyl sites for hydroxylation is 1. The fourth-order valence-electron chi connectivity index (χ4n) is 2.82. The Balaban J connectivity index is 1.48. The van der Waals surface area contributed by atoms with Crippen molar-refractivity contribution in [2.75, 3.05) is 39.5 Å². The van der Waals surface area contributed by atoms with Crippen LogP contribution in [0.15, 0.2) is 0 Å². The van der Waals surface area contributed by atoms with Crippen LogP contribution in [0.3, 0.4) is 0 Å². The molecular weight excluding hydrogens is 286 g/mol. The van der Waals surface area contributed by atoms with Crippen LogP contribution in [-0.4, -0.2) is 71.5 Å². The van der Waals surface area contributed by atoms with Gasteiger partial charge in [0.25, 0.3) is 0 Å². The van der Waals surface area contributed by atoms with E-state index in [1.165, 1.54) is 0 Å². The van der Waals surface area contributed by atoms with Gasteiger partial charge >= 0.3 is 0 Å². The number of morpholine rings is 1. The predicted octanol–water partition coefficient (Wildman–Crippen LogP) is -0.218. The van der Waals surface area contributed by atoms with Crippen molar-refractivity contribution in [1.82, 2.24) is 25.4 Å². The lowest BCUT2D eigenvalue weighted by molar-refractivity contribution is -0.125. The first-order valence-corrected chi connectivity index (χ1v) is 7.80. The topological polar surface area (TPSA) is 92.4 Å². The zero-order valence-corrected chi connectivity index (χ0v) is 12.9. The van der Waals surface area contributed by atoms with Crippen molar-refractivity contribution in [2.45, 2.75) is 31.9 Å². The van der Waals surface area contributed by atoms with Gasteiger partial charge in [0.1, 0.15) is 11.9 Å². The molecule has 2 saturated heterocycles. The zero-order valence-electron chi connectivity index (χ0n) is 12.9. The van der Waals surface area contributed by atoms with E-state index in [2.05, 4.69) is 25.4 Å². The molecular formula is C14H23N5O3. The minimum absolute atomic E-state index is 0.0683. The molecule has 0 unspecified atom stereocenters. The van der Waals surface area contributed by atoms with Crippen LogP contribution in [0.2, 0.25) is 0 Å². The predicted molar refractivity (Wildman–Crippen MR) is 78.2 cm³/mol. The minimum atomic E-state index is -0.172. The summed E-state index contributed by atoms with van der Waals surface area (Å²) in [5, 5.41) is 10.1. The average Bonchev–Trinajstić information content (AvgIpc) is 2.95. The van der Waals surface area contributed by atoms with Gasteiger partial charge < -0.3 is 14.8 Å². The maximum atomic E-state index is 12.2. The number of aromatic amines is 1. The maximum absolute atomic E-state index is 12.2. The van der Waals surface area contributed by atoms with Gasteiger partial charge in [-0.05, 0) is 19.8 Å². The number of hydrogen-bond donors (Lipinski definition) is 2. The van der Waals surface area contributed by atoms with Crippen LogP contribution in [0.25, 0.3) is 0 Å². The molecule has 8 heteroatoms. The van der Waals surface area contributed by atoms with Gasteiger partial charge in [-0.1, -0.05) is 0 Å². The summed E-state index contributed by atoms with van der Waals surface area (Å²) in [6.07, 6.45) is 1.62. The van der Waals surface area contributed by atoms with E-state index in [-0.39, 0.29) is 18.1 Å². The Kier molecular flexibility index (Phi) is 5.01. The summed E-state index contributed by atoms with van der Waals surface area (Å²) < 4.78 is 11.0. The third kappa shape index (κ3) is 4.02. The van der Waals surface area contributed by atoms with Crippen LogP contribution in [0.5, 0.6) is 0 Å². The second kappa shape index (κ2) is 7.17. The highest BCUT2D eigenvalue weighted by atomic mass is 16.5. The van der Waals surface area contributed by atoms with Gasteiger partial charge in [-0.25, -0.2) is 4.98 Å². The summed E-state index contributed by atoms with van der Waals surface area (Å²) >= 11 is 0. The molecule has 0 saturated carbocycles. The monoisotopic (exact) mass is 309 g/mol. The Hall–Kier alpha value is -1.51. The van der Waals surface area contributed by atoms with E-state index < -0.39 is 0 Å². The summed E-state index contributed by atoms with van der Waals surface area (Å²) in [6, 6.07) is 0.244. The molecule has 2 fully saturated rings. The zero-order chi connectivity index (χ0) is 15.4. The molecule has 0 bridgehead atoms. The number of hydrogen-bond acceptors (Lipinski definition) is 6. The Labute approximate surface area is 129 Å². The normalized spacial score (nSPS) is 24.3. The Morgan fingerprint density at radius 2 is 2.23 bits per heavy atom. The summed E-state index contributed by atoms with van der Waals surface area (Å²) in [6.45, 7) is 5.69. The molecule has 2 aliphatic rings. The van der Waals surface area contributed by atoms with Gasteiger partial charge in [0.15, 0.2) is 5.82 Å². The molecule has 22 heavy (non-hydrogen) atoms. The first kappa shape index (κ1) is 15.4. The molecule has 0 aromatic carbocycles. The molecule has 3 rings (SSSR count). The number of nitrogens with zero attached hydrogens (tertiary/aromatic N) is 3. The van der Waals surface area contributed by atoms with Gasteiger partial charge in [0, 0.05) is 32.3 Å². The average molecular weight is 309 g/mol. The number of H-pyrrole nitrogens is 1. The standard InChI is InChI=1S/C14H23N5O3/c1-10-15-14(18-17-10)12-8-19(4-7-22-12)9-13(20)16-11-2-5-21-6-3-11/h11-12H,2-9H2,1H3,(H,16,20)(H,15,17,18)/t12-/m1/s1. The molecule has 0 radical (unpaired) electrons. The highest BCUT2D eigenvalue weighted by molar-refractivity contribution is 5.78. The van der Waals surface area contributed by atoms with Gasteiger partial charge in [-0.2, -0.15) is 5.10 Å². The van der Waals surface area contributed by atoms with Crippen molar-refractivity contribution in [1.29, 1.82) is 0 Å². The number of amides is 1. The van der Waals surface area contributed by atoms with E-state index >= 15 is 0 Å². The van der Waals surface area contributed by atoms with E-state index in [9.17, 15) is 4.79 Å². The van der Waals surface area contributed by atoms with Crippen LogP contribution >= 0.6 is 0 Å². The SMILES string of the molecule is Cc1nc([C@H]2CN(CC(=O)NC3CCOCC3)CCO2)n[nH]1. The van der Waals surface area contributed by atoms with E-state index in [1.54, 1.807) is 0 Å². The summed E-state index contributed by atoms with van der Waals surface area (Å²) in [5.74, 6) is 1.50. The molecule has 2 N–H and O–H groups in total. The third-order valence-electron chi connectivity index (χ3n) is 4.01. The summed E-state index contributed by atoms with van der Waals surface area (Å²) in [5.41, 5.74) is 0. The smallest absolute Gasteiger partial charge is 0.234 e. The number of carbonyl (C=O) groups is 1. The van der Waals surface area contributed by atoms with Crippen LogP contribution in [0.1, 0.15) is 30.6 Å². The molecule has 1 amide bonds. The first-order valence-electron chi connectivity index (χ1n) is 7.80. The maximum Gasteiger partial charge on any atom is 0.234 e. The van der Waals surface area contributed by atoms with Crippen molar-refractivity contribution < 1.29 is 14.3 Å². The number of rotatable bonds is 4. The second-order valence-electron chi connectivity index (χ2n) is 5.83. The number of nitrogens with one attached hydrogen (secondary N) is 2. The minimum Gasteiger partial charge on any atom is -0.381 e. The van der Waals surface area contributed by atoms with Crippen LogP contribution < -0.4 is 5.32 Å². The van der Waals surface area contributed by atoms with E-state index in [0.29, 0.717) is 25.5 Å². The van der Waals surface area contributed by atoms with Crippen LogP contribution in [-0.2, 0) is 14.3 Å². The van der Waals surface area contributed by atoms with Crippen molar-refractivity contribution in [3.63, 3.8) is 0 Å². The van der Waals surface area contributed by atoms with Crippen LogP contribution in [0.4, 0.5) is 0 Å². The van der Waals surface area contributed by atoms with Gasteiger partial charge in [-0.3, -0.25) is 14.8 Å². The van der Waals surface area contributed by atoms with Crippen molar-refractivity contribution >= 4 is 5.91 Å². The largest absolute Gasteiger partial charge is 0.381 e. The lowest BCUT2D eigenvalue weighted by Gasteiger charge is -2.31. The van der Waals surface area contributed by atoms with E-state index in [4.69, 9.17) is 9.47 Å². The third-order valence-corrected chi connectivity index (χ3v) is 4.01. The van der Waals surface area contributed by atoms with Gasteiger partial charge in [0.05, 0.1) is 13.2 Å². The fraction of sp³-hybridized carbons (Fsp3) is 0.786. The Morgan fingerprint density at radius 3 is 2.95 bits per heavy atom. The number of aromatic nitrogens is 3. The molecule has 0 spiro atoms. The number of ether oxygens (including phenoxy) is 2. The lowest BCUT2D eigenvalue weighted by Crippen LogP contribution is -2.47. The highest BCUT2D eigenvalue weighted by Crippen LogP contribution is 2.18. The van der Waals surface area contributed by atoms with Crippen molar-refractivity contribution in [3.8, 4) is 0 Å². The molecule has 1 aromatic heterocycles. The molecule has 0 aliphatic carbocycles.